The van der Waals surface area contributed by atoms with E-state index in [2.05, 4.69) is 10.6 Å². The van der Waals surface area contributed by atoms with Gasteiger partial charge in [-0.05, 0) is 42.4 Å². The van der Waals surface area contributed by atoms with E-state index >= 15 is 0 Å². The Morgan fingerprint density at radius 2 is 2.09 bits per heavy atom. The van der Waals surface area contributed by atoms with Crippen LogP contribution in [0.5, 0.6) is 5.75 Å². The summed E-state index contributed by atoms with van der Waals surface area (Å²) in [7, 11) is 0. The normalized spacial score (nSPS) is 10.2. The first-order valence-electron chi connectivity index (χ1n) is 6.63. The SMILES string of the molecule is Cc1c(Cl)cccc1NC(=S)NCc1cc([N+](=O)[O-])ccc1[O-]. The number of rotatable bonds is 4. The zero-order valence-corrected chi connectivity index (χ0v) is 13.7. The van der Waals surface area contributed by atoms with E-state index < -0.39 is 4.92 Å². The van der Waals surface area contributed by atoms with Crippen molar-refractivity contribution in [2.24, 2.45) is 0 Å². The molecule has 0 aromatic heterocycles. The van der Waals surface area contributed by atoms with Crippen LogP contribution in [-0.4, -0.2) is 10.0 Å². The van der Waals surface area contributed by atoms with Crippen molar-refractivity contribution in [3.63, 3.8) is 0 Å². The van der Waals surface area contributed by atoms with E-state index in [0.717, 1.165) is 11.3 Å². The van der Waals surface area contributed by atoms with Gasteiger partial charge in [0, 0.05) is 29.4 Å². The lowest BCUT2D eigenvalue weighted by Gasteiger charge is -2.16. The Morgan fingerprint density at radius 1 is 1.35 bits per heavy atom. The fourth-order valence-corrected chi connectivity index (χ4v) is 2.26. The molecule has 0 saturated carbocycles. The van der Waals surface area contributed by atoms with Crippen LogP contribution < -0.4 is 15.7 Å². The number of nitrogens with one attached hydrogen (secondary N) is 2. The summed E-state index contributed by atoms with van der Waals surface area (Å²) in [6.07, 6.45) is 0. The summed E-state index contributed by atoms with van der Waals surface area (Å²) in [5, 5.41) is 29.2. The molecule has 0 radical (unpaired) electrons. The third-order valence-electron chi connectivity index (χ3n) is 3.21. The molecule has 0 aliphatic heterocycles. The summed E-state index contributed by atoms with van der Waals surface area (Å²) in [6, 6.07) is 8.97. The van der Waals surface area contributed by atoms with E-state index in [1.54, 1.807) is 12.1 Å². The van der Waals surface area contributed by atoms with Crippen LogP contribution in [0, 0.1) is 17.0 Å². The van der Waals surface area contributed by atoms with Crippen molar-refractivity contribution in [2.75, 3.05) is 5.32 Å². The zero-order valence-electron chi connectivity index (χ0n) is 12.1. The van der Waals surface area contributed by atoms with Gasteiger partial charge in [0.2, 0.25) is 0 Å². The van der Waals surface area contributed by atoms with Gasteiger partial charge in [-0.25, -0.2) is 0 Å². The van der Waals surface area contributed by atoms with Crippen LogP contribution >= 0.6 is 23.8 Å². The van der Waals surface area contributed by atoms with Crippen LogP contribution in [-0.2, 0) is 6.54 Å². The van der Waals surface area contributed by atoms with Crippen molar-refractivity contribution in [1.29, 1.82) is 0 Å². The third-order valence-corrected chi connectivity index (χ3v) is 3.87. The monoisotopic (exact) mass is 350 g/mol. The summed E-state index contributed by atoms with van der Waals surface area (Å²) >= 11 is 11.2. The Morgan fingerprint density at radius 3 is 2.78 bits per heavy atom. The van der Waals surface area contributed by atoms with E-state index in [4.69, 9.17) is 23.8 Å². The van der Waals surface area contributed by atoms with E-state index in [9.17, 15) is 15.2 Å². The molecule has 2 rings (SSSR count). The Labute approximate surface area is 143 Å². The minimum Gasteiger partial charge on any atom is -0.872 e. The van der Waals surface area contributed by atoms with Gasteiger partial charge in [-0.15, -0.1) is 5.75 Å². The number of hydrogen-bond acceptors (Lipinski definition) is 4. The molecular formula is C15H13ClN3O3S-. The highest BCUT2D eigenvalue weighted by Gasteiger charge is 2.08. The lowest BCUT2D eigenvalue weighted by Crippen LogP contribution is -2.28. The predicted octanol–water partition coefficient (Wildman–Crippen LogP) is 3.12. The Balaban J connectivity index is 2.03. The average molecular weight is 351 g/mol. The van der Waals surface area contributed by atoms with Gasteiger partial charge >= 0.3 is 0 Å². The maximum Gasteiger partial charge on any atom is 0.269 e. The largest absolute Gasteiger partial charge is 0.872 e. The first-order valence-corrected chi connectivity index (χ1v) is 7.41. The highest BCUT2D eigenvalue weighted by Crippen LogP contribution is 2.23. The molecule has 23 heavy (non-hydrogen) atoms. The molecular weight excluding hydrogens is 338 g/mol. The second-order valence-corrected chi connectivity index (χ2v) is 5.58. The molecule has 0 unspecified atom stereocenters. The number of non-ortho nitro benzene ring substituents is 1. The van der Waals surface area contributed by atoms with Gasteiger partial charge in [0.25, 0.3) is 5.69 Å². The van der Waals surface area contributed by atoms with Gasteiger partial charge in [-0.3, -0.25) is 10.1 Å². The number of nitro benzene ring substituents is 1. The summed E-state index contributed by atoms with van der Waals surface area (Å²) in [5.41, 5.74) is 1.73. The number of thiocarbonyl (C=S) groups is 1. The summed E-state index contributed by atoms with van der Waals surface area (Å²) in [4.78, 5) is 10.2. The average Bonchev–Trinajstić information content (AvgIpc) is 2.51. The third kappa shape index (κ3) is 4.30. The number of halogens is 1. The number of nitrogens with zero attached hydrogens (tertiary/aromatic N) is 1. The molecule has 0 bridgehead atoms. The van der Waals surface area contributed by atoms with Crippen molar-refractivity contribution in [3.8, 4) is 5.75 Å². The van der Waals surface area contributed by atoms with Crippen LogP contribution in [0.3, 0.4) is 0 Å². The van der Waals surface area contributed by atoms with E-state index in [-0.39, 0.29) is 23.5 Å². The molecule has 0 spiro atoms. The standard InChI is InChI=1S/C15H14ClN3O3S/c1-9-12(16)3-2-4-13(9)18-15(23)17-8-10-7-11(19(21)22)5-6-14(10)20/h2-7,20H,8H2,1H3,(H2,17,18,23)/p-1. The number of nitro groups is 1. The highest BCUT2D eigenvalue weighted by atomic mass is 35.5. The fourth-order valence-electron chi connectivity index (χ4n) is 1.90. The van der Waals surface area contributed by atoms with Crippen LogP contribution in [0.4, 0.5) is 11.4 Å². The summed E-state index contributed by atoms with van der Waals surface area (Å²) in [5.74, 6) is -0.287. The second kappa shape index (κ2) is 7.26. The van der Waals surface area contributed by atoms with Gasteiger partial charge < -0.3 is 15.7 Å². The molecule has 0 fully saturated rings. The van der Waals surface area contributed by atoms with Gasteiger partial charge in [0.1, 0.15) is 0 Å². The lowest BCUT2D eigenvalue weighted by atomic mass is 10.2. The predicted molar refractivity (Wildman–Crippen MR) is 91.8 cm³/mol. The molecule has 2 N–H and O–H groups in total. The lowest BCUT2D eigenvalue weighted by molar-refractivity contribution is -0.385. The van der Waals surface area contributed by atoms with E-state index in [1.807, 2.05) is 13.0 Å². The number of hydrogen-bond donors (Lipinski definition) is 2. The van der Waals surface area contributed by atoms with E-state index in [1.165, 1.54) is 18.2 Å². The molecule has 0 aliphatic rings. The summed E-state index contributed by atoms with van der Waals surface area (Å²) < 4.78 is 0. The second-order valence-electron chi connectivity index (χ2n) is 4.77. The van der Waals surface area contributed by atoms with Crippen LogP contribution in [0.1, 0.15) is 11.1 Å². The maximum absolute atomic E-state index is 11.7. The van der Waals surface area contributed by atoms with Crippen molar-refractivity contribution in [2.45, 2.75) is 13.5 Å². The molecule has 0 amide bonds. The van der Waals surface area contributed by atoms with Crippen molar-refractivity contribution >= 4 is 40.3 Å². The Hall–Kier alpha value is -2.38. The van der Waals surface area contributed by atoms with Gasteiger partial charge in [-0.1, -0.05) is 23.7 Å². The minimum atomic E-state index is -0.547. The molecule has 0 saturated heterocycles. The van der Waals surface area contributed by atoms with Gasteiger partial charge in [0.05, 0.1) is 4.92 Å². The minimum absolute atomic E-state index is 0.0892. The first-order chi connectivity index (χ1) is 10.9. The quantitative estimate of drug-likeness (QED) is 0.500. The smallest absolute Gasteiger partial charge is 0.269 e. The van der Waals surface area contributed by atoms with Crippen molar-refractivity contribution in [1.82, 2.24) is 5.32 Å². The number of benzene rings is 2. The van der Waals surface area contributed by atoms with E-state index in [0.29, 0.717) is 10.1 Å². The molecule has 120 valence electrons. The first kappa shape index (κ1) is 17.0. The maximum atomic E-state index is 11.7. The summed E-state index contributed by atoms with van der Waals surface area (Å²) in [6.45, 7) is 1.94. The topological polar surface area (TPSA) is 90.3 Å². The van der Waals surface area contributed by atoms with Crippen LogP contribution in [0.2, 0.25) is 5.02 Å². The van der Waals surface area contributed by atoms with Crippen molar-refractivity contribution in [3.05, 3.63) is 62.7 Å². The molecule has 0 aliphatic carbocycles. The Kier molecular flexibility index (Phi) is 5.36. The Bertz CT molecular complexity index is 768. The molecule has 6 nitrogen and oxygen atoms in total. The highest BCUT2D eigenvalue weighted by molar-refractivity contribution is 7.80. The van der Waals surface area contributed by atoms with Crippen LogP contribution in [0.15, 0.2) is 36.4 Å². The zero-order chi connectivity index (χ0) is 17.0. The molecule has 0 atom stereocenters. The molecule has 0 heterocycles. The van der Waals surface area contributed by atoms with Gasteiger partial charge in [-0.2, -0.15) is 0 Å². The molecule has 2 aromatic carbocycles. The number of anilines is 1. The van der Waals surface area contributed by atoms with Crippen LogP contribution in [0.25, 0.3) is 0 Å². The molecule has 8 heteroatoms. The fraction of sp³-hybridized carbons (Fsp3) is 0.133. The van der Waals surface area contributed by atoms with Crippen molar-refractivity contribution < 1.29 is 10.0 Å². The van der Waals surface area contributed by atoms with Gasteiger partial charge in [0.15, 0.2) is 5.11 Å². The molecule has 2 aromatic rings.